The molecule has 100 valence electrons. The Bertz CT molecular complexity index is 363. The molecule has 2 heterocycles. The van der Waals surface area contributed by atoms with Crippen LogP contribution in [0, 0.1) is 0 Å². The van der Waals surface area contributed by atoms with Gasteiger partial charge in [-0.1, -0.05) is 0 Å². The summed E-state index contributed by atoms with van der Waals surface area (Å²) in [4.78, 5) is 35.6. The summed E-state index contributed by atoms with van der Waals surface area (Å²) >= 11 is 0. The average Bonchev–Trinajstić information content (AvgIpc) is 2.79. The number of nitrogens with one attached hydrogen (secondary N) is 2. The number of hydrogen-bond donors (Lipinski definition) is 3. The van der Waals surface area contributed by atoms with Crippen LogP contribution in [0.1, 0.15) is 19.3 Å². The van der Waals surface area contributed by atoms with Gasteiger partial charge in [-0.3, -0.25) is 14.4 Å². The first-order valence-corrected chi connectivity index (χ1v) is 6.09. The fourth-order valence-electron chi connectivity index (χ4n) is 2.26. The SMILES string of the molecule is O=C1CC(C(=O)NCC(=O)N2CCC[C@@H]2CO)N1. The molecule has 0 saturated carbocycles. The number of hydrogen-bond acceptors (Lipinski definition) is 4. The number of rotatable bonds is 4. The quantitative estimate of drug-likeness (QED) is 0.505. The van der Waals surface area contributed by atoms with Gasteiger partial charge in [0.15, 0.2) is 0 Å². The first-order valence-electron chi connectivity index (χ1n) is 6.09. The highest BCUT2D eigenvalue weighted by molar-refractivity contribution is 5.98. The minimum atomic E-state index is -0.502. The zero-order chi connectivity index (χ0) is 13.1. The first kappa shape index (κ1) is 12.8. The van der Waals surface area contributed by atoms with Gasteiger partial charge in [0.2, 0.25) is 17.7 Å². The van der Waals surface area contributed by atoms with E-state index in [1.54, 1.807) is 4.90 Å². The van der Waals surface area contributed by atoms with E-state index < -0.39 is 6.04 Å². The lowest BCUT2D eigenvalue weighted by atomic mass is 10.1. The zero-order valence-electron chi connectivity index (χ0n) is 10.0. The molecule has 1 unspecified atom stereocenters. The number of amides is 3. The van der Waals surface area contributed by atoms with Crippen molar-refractivity contribution in [3.05, 3.63) is 0 Å². The van der Waals surface area contributed by atoms with Crippen LogP contribution in [-0.4, -0.2) is 59.5 Å². The number of β-lactam (4-membered cyclic amide) rings is 1. The van der Waals surface area contributed by atoms with Crippen molar-refractivity contribution in [2.24, 2.45) is 0 Å². The first-order chi connectivity index (χ1) is 8.61. The second-order valence-electron chi connectivity index (χ2n) is 4.61. The third-order valence-electron chi connectivity index (χ3n) is 3.36. The molecule has 2 fully saturated rings. The second kappa shape index (κ2) is 5.34. The van der Waals surface area contributed by atoms with E-state index in [1.807, 2.05) is 0 Å². The van der Waals surface area contributed by atoms with E-state index in [-0.39, 0.29) is 43.3 Å². The van der Waals surface area contributed by atoms with Gasteiger partial charge >= 0.3 is 0 Å². The maximum absolute atomic E-state index is 11.8. The Kier molecular flexibility index (Phi) is 3.81. The fraction of sp³-hybridized carbons (Fsp3) is 0.727. The van der Waals surface area contributed by atoms with Gasteiger partial charge in [-0.05, 0) is 12.8 Å². The molecule has 2 rings (SSSR count). The number of aliphatic hydroxyl groups excluding tert-OH is 1. The van der Waals surface area contributed by atoms with Crippen LogP contribution in [0.4, 0.5) is 0 Å². The van der Waals surface area contributed by atoms with Gasteiger partial charge < -0.3 is 20.6 Å². The maximum Gasteiger partial charge on any atom is 0.243 e. The third-order valence-corrected chi connectivity index (χ3v) is 3.36. The Labute approximate surface area is 105 Å². The van der Waals surface area contributed by atoms with Gasteiger partial charge in [-0.2, -0.15) is 0 Å². The largest absolute Gasteiger partial charge is 0.394 e. The number of aliphatic hydroxyl groups is 1. The average molecular weight is 255 g/mol. The van der Waals surface area contributed by atoms with Crippen molar-refractivity contribution in [3.63, 3.8) is 0 Å². The van der Waals surface area contributed by atoms with E-state index in [4.69, 9.17) is 5.11 Å². The van der Waals surface area contributed by atoms with Gasteiger partial charge in [0.25, 0.3) is 0 Å². The van der Waals surface area contributed by atoms with Crippen LogP contribution >= 0.6 is 0 Å². The molecular weight excluding hydrogens is 238 g/mol. The lowest BCUT2D eigenvalue weighted by Gasteiger charge is -2.27. The highest BCUT2D eigenvalue weighted by Crippen LogP contribution is 2.16. The molecule has 0 aromatic heterocycles. The molecule has 0 aromatic carbocycles. The summed E-state index contributed by atoms with van der Waals surface area (Å²) in [5.41, 5.74) is 0. The Morgan fingerprint density at radius 2 is 2.22 bits per heavy atom. The van der Waals surface area contributed by atoms with Crippen LogP contribution in [0.2, 0.25) is 0 Å². The summed E-state index contributed by atoms with van der Waals surface area (Å²) in [6.45, 7) is 0.500. The van der Waals surface area contributed by atoms with Crippen LogP contribution in [0.15, 0.2) is 0 Å². The van der Waals surface area contributed by atoms with E-state index in [0.29, 0.717) is 6.54 Å². The molecule has 0 spiro atoms. The molecule has 0 radical (unpaired) electrons. The highest BCUT2D eigenvalue weighted by Gasteiger charge is 2.33. The van der Waals surface area contributed by atoms with Crippen molar-refractivity contribution < 1.29 is 19.5 Å². The molecule has 0 aromatic rings. The molecule has 2 aliphatic heterocycles. The number of nitrogens with zero attached hydrogens (tertiary/aromatic N) is 1. The molecule has 2 saturated heterocycles. The topological polar surface area (TPSA) is 98.7 Å². The monoisotopic (exact) mass is 255 g/mol. The summed E-state index contributed by atoms with van der Waals surface area (Å²) in [7, 11) is 0. The molecule has 3 N–H and O–H groups in total. The van der Waals surface area contributed by atoms with Crippen LogP contribution in [0.3, 0.4) is 0 Å². The molecule has 7 nitrogen and oxygen atoms in total. The van der Waals surface area contributed by atoms with E-state index in [1.165, 1.54) is 0 Å². The van der Waals surface area contributed by atoms with Gasteiger partial charge in [0.05, 0.1) is 25.6 Å². The smallest absolute Gasteiger partial charge is 0.243 e. The van der Waals surface area contributed by atoms with E-state index in [0.717, 1.165) is 12.8 Å². The number of likely N-dealkylation sites (tertiary alicyclic amines) is 1. The zero-order valence-corrected chi connectivity index (χ0v) is 10.0. The normalized spacial score (nSPS) is 26.5. The van der Waals surface area contributed by atoms with Gasteiger partial charge in [0.1, 0.15) is 6.04 Å². The second-order valence-corrected chi connectivity index (χ2v) is 4.61. The third kappa shape index (κ3) is 2.61. The number of carbonyl (C=O) groups excluding carboxylic acids is 3. The minimum Gasteiger partial charge on any atom is -0.394 e. The molecule has 0 bridgehead atoms. The van der Waals surface area contributed by atoms with Crippen molar-refractivity contribution >= 4 is 17.7 Å². The maximum atomic E-state index is 11.8. The van der Waals surface area contributed by atoms with Gasteiger partial charge in [0, 0.05) is 6.54 Å². The predicted octanol–water partition coefficient (Wildman–Crippen LogP) is -2.03. The lowest BCUT2D eigenvalue weighted by molar-refractivity contribution is -0.139. The Morgan fingerprint density at radius 1 is 1.50 bits per heavy atom. The van der Waals surface area contributed by atoms with Gasteiger partial charge in [-0.25, -0.2) is 0 Å². The van der Waals surface area contributed by atoms with Crippen LogP contribution in [0.5, 0.6) is 0 Å². The van der Waals surface area contributed by atoms with Crippen molar-refractivity contribution in [3.8, 4) is 0 Å². The molecule has 18 heavy (non-hydrogen) atoms. The molecule has 3 amide bonds. The highest BCUT2D eigenvalue weighted by atomic mass is 16.3. The summed E-state index contributed by atoms with van der Waals surface area (Å²) < 4.78 is 0. The standard InChI is InChI=1S/C11H17N3O4/c15-6-7-2-1-3-14(7)10(17)5-12-11(18)8-4-9(16)13-8/h7-8,15H,1-6H2,(H,12,18)(H,13,16)/t7-,8?/m1/s1. The lowest BCUT2D eigenvalue weighted by Crippen LogP contribution is -2.58. The number of carbonyl (C=O) groups is 3. The van der Waals surface area contributed by atoms with E-state index in [9.17, 15) is 14.4 Å². The fourth-order valence-corrected chi connectivity index (χ4v) is 2.26. The summed E-state index contributed by atoms with van der Waals surface area (Å²) in [5, 5.41) is 14.0. The van der Waals surface area contributed by atoms with Crippen molar-refractivity contribution in [2.75, 3.05) is 19.7 Å². The van der Waals surface area contributed by atoms with Crippen LogP contribution in [-0.2, 0) is 14.4 Å². The summed E-state index contributed by atoms with van der Waals surface area (Å²) in [6.07, 6.45) is 1.86. The Morgan fingerprint density at radius 3 is 2.83 bits per heavy atom. The Hall–Kier alpha value is -1.63. The molecular formula is C11H17N3O4. The summed E-state index contributed by atoms with van der Waals surface area (Å²) in [5.74, 6) is -0.672. The molecule has 7 heteroatoms. The minimum absolute atomic E-state index is 0.0433. The van der Waals surface area contributed by atoms with E-state index in [2.05, 4.69) is 10.6 Å². The van der Waals surface area contributed by atoms with Gasteiger partial charge in [-0.15, -0.1) is 0 Å². The molecule has 2 atom stereocenters. The van der Waals surface area contributed by atoms with Crippen molar-refractivity contribution in [1.29, 1.82) is 0 Å². The Balaban J connectivity index is 1.74. The van der Waals surface area contributed by atoms with Crippen molar-refractivity contribution in [1.82, 2.24) is 15.5 Å². The van der Waals surface area contributed by atoms with Crippen LogP contribution in [0.25, 0.3) is 0 Å². The summed E-state index contributed by atoms with van der Waals surface area (Å²) in [6, 6.07) is -0.629. The van der Waals surface area contributed by atoms with E-state index >= 15 is 0 Å². The predicted molar refractivity (Wildman–Crippen MR) is 61.4 cm³/mol. The van der Waals surface area contributed by atoms with Crippen molar-refractivity contribution in [2.45, 2.75) is 31.3 Å². The molecule has 0 aliphatic carbocycles. The van der Waals surface area contributed by atoms with Crippen LogP contribution < -0.4 is 10.6 Å². The molecule has 2 aliphatic rings.